The molecule has 2 rings (SSSR count). The first-order valence-electron chi connectivity index (χ1n) is 6.89. The average Bonchev–Trinajstić information content (AvgIpc) is 2.72. The summed E-state index contributed by atoms with van der Waals surface area (Å²) in [6, 6.07) is 0.0275. The predicted octanol–water partition coefficient (Wildman–Crippen LogP) is 1.68. The van der Waals surface area contributed by atoms with Crippen molar-refractivity contribution in [3.05, 3.63) is 0 Å². The third kappa shape index (κ3) is 3.62. The molecule has 0 radical (unpaired) electrons. The number of nitrogens with zero attached hydrogens (tertiary/aromatic N) is 1. The first-order chi connectivity index (χ1) is 8.65. The summed E-state index contributed by atoms with van der Waals surface area (Å²) in [7, 11) is 0. The molecule has 5 heteroatoms. The van der Waals surface area contributed by atoms with Gasteiger partial charge in [-0.2, -0.15) is 0 Å². The third-order valence-electron chi connectivity index (χ3n) is 4.11. The molecule has 0 aromatic heterocycles. The van der Waals surface area contributed by atoms with Gasteiger partial charge in [0.1, 0.15) is 0 Å². The molecule has 2 N–H and O–H groups in total. The summed E-state index contributed by atoms with van der Waals surface area (Å²) < 4.78 is 0. The van der Waals surface area contributed by atoms with Crippen LogP contribution in [0.1, 0.15) is 38.5 Å². The molecule has 102 valence electrons. The standard InChI is InChI=1S/C13H22N2O3/c16-12(17)5-4-11-6-7-15(9-11)13(18)14-8-10-2-1-3-10/h10-11H,1-9H2,(H,14,18)(H,16,17). The van der Waals surface area contributed by atoms with E-state index >= 15 is 0 Å². The Morgan fingerprint density at radius 3 is 2.61 bits per heavy atom. The van der Waals surface area contributed by atoms with Crippen LogP contribution >= 0.6 is 0 Å². The zero-order valence-electron chi connectivity index (χ0n) is 10.7. The number of amides is 2. The molecule has 0 aromatic rings. The van der Waals surface area contributed by atoms with Gasteiger partial charge in [-0.1, -0.05) is 6.42 Å². The van der Waals surface area contributed by atoms with E-state index in [9.17, 15) is 9.59 Å². The van der Waals surface area contributed by atoms with Gasteiger partial charge in [-0.25, -0.2) is 4.79 Å². The highest BCUT2D eigenvalue weighted by Gasteiger charge is 2.27. The number of carbonyl (C=O) groups excluding carboxylic acids is 1. The summed E-state index contributed by atoms with van der Waals surface area (Å²) in [5, 5.41) is 11.6. The first kappa shape index (κ1) is 13.2. The van der Waals surface area contributed by atoms with Gasteiger partial charge in [0.2, 0.25) is 0 Å². The van der Waals surface area contributed by atoms with E-state index in [1.807, 2.05) is 4.90 Å². The molecular weight excluding hydrogens is 232 g/mol. The summed E-state index contributed by atoms with van der Waals surface area (Å²) in [6.07, 6.45) is 5.60. The molecule has 0 bridgehead atoms. The SMILES string of the molecule is O=C(O)CCC1CCN(C(=O)NCC2CCC2)C1. The Kier molecular flexibility index (Phi) is 4.44. The van der Waals surface area contributed by atoms with Gasteiger partial charge in [0.05, 0.1) is 0 Å². The molecule has 1 heterocycles. The van der Waals surface area contributed by atoms with E-state index in [1.54, 1.807) is 0 Å². The quantitative estimate of drug-likeness (QED) is 0.784. The Balaban J connectivity index is 1.64. The lowest BCUT2D eigenvalue weighted by atomic mass is 9.85. The topological polar surface area (TPSA) is 69.6 Å². The van der Waals surface area contributed by atoms with Crippen molar-refractivity contribution in [2.24, 2.45) is 11.8 Å². The van der Waals surface area contributed by atoms with Crippen molar-refractivity contribution in [3.63, 3.8) is 0 Å². The van der Waals surface area contributed by atoms with Crippen LogP contribution in [-0.4, -0.2) is 41.6 Å². The number of aliphatic carboxylic acids is 1. The second kappa shape index (κ2) is 6.07. The molecule has 1 saturated heterocycles. The fraction of sp³-hybridized carbons (Fsp3) is 0.846. The lowest BCUT2D eigenvalue weighted by molar-refractivity contribution is -0.137. The minimum atomic E-state index is -0.747. The molecule has 5 nitrogen and oxygen atoms in total. The zero-order chi connectivity index (χ0) is 13.0. The molecule has 18 heavy (non-hydrogen) atoms. The maximum Gasteiger partial charge on any atom is 0.317 e. The van der Waals surface area contributed by atoms with Gasteiger partial charge in [-0.05, 0) is 37.5 Å². The van der Waals surface area contributed by atoms with Crippen LogP contribution in [-0.2, 0) is 4.79 Å². The number of carbonyl (C=O) groups is 2. The Morgan fingerprint density at radius 1 is 1.22 bits per heavy atom. The van der Waals surface area contributed by atoms with Gasteiger partial charge in [0.25, 0.3) is 0 Å². The summed E-state index contributed by atoms with van der Waals surface area (Å²) in [6.45, 7) is 2.28. The van der Waals surface area contributed by atoms with Gasteiger partial charge in [-0.15, -0.1) is 0 Å². The number of hydrogen-bond donors (Lipinski definition) is 2. The molecular formula is C13H22N2O3. The van der Waals surface area contributed by atoms with Crippen LogP contribution < -0.4 is 5.32 Å². The number of rotatable bonds is 5. The lowest BCUT2D eigenvalue weighted by Crippen LogP contribution is -2.41. The number of hydrogen-bond acceptors (Lipinski definition) is 2. The zero-order valence-corrected chi connectivity index (χ0v) is 10.7. The molecule has 2 fully saturated rings. The maximum atomic E-state index is 11.9. The van der Waals surface area contributed by atoms with Crippen LogP contribution in [0.15, 0.2) is 0 Å². The Labute approximate surface area is 108 Å². The van der Waals surface area contributed by atoms with Crippen LogP contribution in [0.5, 0.6) is 0 Å². The van der Waals surface area contributed by atoms with E-state index in [1.165, 1.54) is 19.3 Å². The van der Waals surface area contributed by atoms with Crippen molar-refractivity contribution in [2.45, 2.75) is 38.5 Å². The average molecular weight is 254 g/mol. The maximum absolute atomic E-state index is 11.9. The van der Waals surface area contributed by atoms with Crippen molar-refractivity contribution in [2.75, 3.05) is 19.6 Å². The van der Waals surface area contributed by atoms with E-state index in [0.717, 1.165) is 19.5 Å². The normalized spacial score (nSPS) is 23.8. The summed E-state index contributed by atoms with van der Waals surface area (Å²) >= 11 is 0. The number of likely N-dealkylation sites (tertiary alicyclic amines) is 1. The minimum absolute atomic E-state index is 0.0275. The van der Waals surface area contributed by atoms with Crippen LogP contribution in [0, 0.1) is 11.8 Å². The molecule has 1 aliphatic carbocycles. The molecule has 2 amide bonds. The predicted molar refractivity (Wildman–Crippen MR) is 67.3 cm³/mol. The Morgan fingerprint density at radius 2 is 2.00 bits per heavy atom. The van der Waals surface area contributed by atoms with E-state index < -0.39 is 5.97 Å². The van der Waals surface area contributed by atoms with Gasteiger partial charge in [-0.3, -0.25) is 4.79 Å². The molecule has 1 atom stereocenters. The summed E-state index contributed by atoms with van der Waals surface area (Å²) in [5.74, 6) is 0.290. The number of carboxylic acids is 1. The molecule has 1 aliphatic heterocycles. The Hall–Kier alpha value is -1.26. The highest BCUT2D eigenvalue weighted by Crippen LogP contribution is 2.25. The van der Waals surface area contributed by atoms with Gasteiger partial charge in [0, 0.05) is 26.1 Å². The third-order valence-corrected chi connectivity index (χ3v) is 4.11. The monoisotopic (exact) mass is 254 g/mol. The fourth-order valence-corrected chi connectivity index (χ4v) is 2.62. The number of carboxylic acid groups (broad SMARTS) is 1. The van der Waals surface area contributed by atoms with E-state index in [-0.39, 0.29) is 12.5 Å². The van der Waals surface area contributed by atoms with Crippen LogP contribution in [0.4, 0.5) is 4.79 Å². The largest absolute Gasteiger partial charge is 0.481 e. The highest BCUT2D eigenvalue weighted by molar-refractivity contribution is 5.74. The van der Waals surface area contributed by atoms with Crippen molar-refractivity contribution in [3.8, 4) is 0 Å². The summed E-state index contributed by atoms with van der Waals surface area (Å²) in [5.41, 5.74) is 0. The van der Waals surface area contributed by atoms with E-state index in [0.29, 0.717) is 24.8 Å². The Bertz CT molecular complexity index is 315. The highest BCUT2D eigenvalue weighted by atomic mass is 16.4. The second-order valence-corrected chi connectivity index (χ2v) is 5.52. The molecule has 1 saturated carbocycles. The smallest absolute Gasteiger partial charge is 0.317 e. The van der Waals surface area contributed by atoms with Crippen LogP contribution in [0.3, 0.4) is 0 Å². The van der Waals surface area contributed by atoms with Crippen LogP contribution in [0.25, 0.3) is 0 Å². The van der Waals surface area contributed by atoms with Gasteiger partial charge in [0.15, 0.2) is 0 Å². The van der Waals surface area contributed by atoms with Crippen molar-refractivity contribution >= 4 is 12.0 Å². The number of nitrogens with one attached hydrogen (secondary N) is 1. The molecule has 0 spiro atoms. The van der Waals surface area contributed by atoms with Crippen molar-refractivity contribution in [1.82, 2.24) is 10.2 Å². The van der Waals surface area contributed by atoms with Crippen molar-refractivity contribution < 1.29 is 14.7 Å². The first-order valence-corrected chi connectivity index (χ1v) is 6.89. The van der Waals surface area contributed by atoms with E-state index in [2.05, 4.69) is 5.32 Å². The molecule has 2 aliphatic rings. The summed E-state index contributed by atoms with van der Waals surface area (Å²) in [4.78, 5) is 24.2. The van der Waals surface area contributed by atoms with E-state index in [4.69, 9.17) is 5.11 Å². The van der Waals surface area contributed by atoms with Crippen molar-refractivity contribution in [1.29, 1.82) is 0 Å². The minimum Gasteiger partial charge on any atom is -0.481 e. The fourth-order valence-electron chi connectivity index (χ4n) is 2.62. The van der Waals surface area contributed by atoms with Gasteiger partial charge < -0.3 is 15.3 Å². The molecule has 0 aromatic carbocycles. The van der Waals surface area contributed by atoms with Crippen LogP contribution in [0.2, 0.25) is 0 Å². The van der Waals surface area contributed by atoms with Gasteiger partial charge >= 0.3 is 12.0 Å². The molecule has 1 unspecified atom stereocenters. The second-order valence-electron chi connectivity index (χ2n) is 5.52. The number of urea groups is 1. The lowest BCUT2D eigenvalue weighted by Gasteiger charge is -2.26.